The molecule has 1 aromatic heterocycles. The fourth-order valence-corrected chi connectivity index (χ4v) is 2.17. The first-order valence-corrected chi connectivity index (χ1v) is 6.91. The fourth-order valence-electron chi connectivity index (χ4n) is 2.17. The molecule has 0 bridgehead atoms. The lowest BCUT2D eigenvalue weighted by atomic mass is 10.0. The van der Waals surface area contributed by atoms with E-state index in [0.29, 0.717) is 6.04 Å². The molecule has 0 aliphatic rings. The molecule has 0 aliphatic carbocycles. The van der Waals surface area contributed by atoms with Gasteiger partial charge in [0, 0.05) is 24.4 Å². The number of nitrogens with zero attached hydrogens (tertiary/aromatic N) is 1. The van der Waals surface area contributed by atoms with E-state index in [1.54, 1.807) is 0 Å². The summed E-state index contributed by atoms with van der Waals surface area (Å²) >= 11 is 0. The summed E-state index contributed by atoms with van der Waals surface area (Å²) < 4.78 is 0. The zero-order chi connectivity index (χ0) is 12.5. The van der Waals surface area contributed by atoms with Crippen LogP contribution < -0.4 is 5.32 Å². The van der Waals surface area contributed by atoms with Crippen LogP contribution in [0.2, 0.25) is 0 Å². The van der Waals surface area contributed by atoms with Gasteiger partial charge in [0.05, 0.1) is 0 Å². The van der Waals surface area contributed by atoms with Crippen molar-refractivity contribution in [2.45, 2.75) is 58.9 Å². The molecule has 1 atom stereocenters. The molecule has 0 aliphatic heterocycles. The van der Waals surface area contributed by atoms with Gasteiger partial charge in [-0.3, -0.25) is 4.98 Å². The van der Waals surface area contributed by atoms with Crippen molar-refractivity contribution >= 4 is 0 Å². The van der Waals surface area contributed by atoms with E-state index in [0.717, 1.165) is 13.0 Å². The third kappa shape index (κ3) is 5.31. The summed E-state index contributed by atoms with van der Waals surface area (Å²) in [6.07, 6.45) is 8.17. The van der Waals surface area contributed by atoms with E-state index < -0.39 is 0 Å². The number of pyridine rings is 1. The van der Waals surface area contributed by atoms with Gasteiger partial charge in [0.15, 0.2) is 0 Å². The second-order valence-electron chi connectivity index (χ2n) is 4.72. The minimum atomic E-state index is 0.583. The normalized spacial score (nSPS) is 12.6. The van der Waals surface area contributed by atoms with Crippen molar-refractivity contribution in [3.05, 3.63) is 29.6 Å². The Balaban J connectivity index is 2.50. The van der Waals surface area contributed by atoms with Crippen molar-refractivity contribution in [1.82, 2.24) is 10.3 Å². The highest BCUT2D eigenvalue weighted by molar-refractivity contribution is 5.18. The Labute approximate surface area is 106 Å². The van der Waals surface area contributed by atoms with Crippen LogP contribution in [-0.4, -0.2) is 17.6 Å². The predicted octanol–water partition coefficient (Wildman–Crippen LogP) is 3.49. The van der Waals surface area contributed by atoms with E-state index in [9.17, 15) is 0 Å². The maximum absolute atomic E-state index is 4.49. The number of hydrogen-bond acceptors (Lipinski definition) is 2. The van der Waals surface area contributed by atoms with Gasteiger partial charge in [0.1, 0.15) is 0 Å². The summed E-state index contributed by atoms with van der Waals surface area (Å²) in [6, 6.07) is 4.75. The van der Waals surface area contributed by atoms with Crippen LogP contribution in [0.1, 0.15) is 50.8 Å². The highest BCUT2D eigenvalue weighted by atomic mass is 14.9. The molecule has 0 saturated carbocycles. The summed E-state index contributed by atoms with van der Waals surface area (Å²) in [6.45, 7) is 7.63. The molecule has 1 heterocycles. The third-order valence-corrected chi connectivity index (χ3v) is 3.21. The van der Waals surface area contributed by atoms with Gasteiger partial charge in [-0.25, -0.2) is 0 Å². The molecule has 1 aromatic rings. The second-order valence-corrected chi connectivity index (χ2v) is 4.72. The largest absolute Gasteiger partial charge is 0.314 e. The molecule has 0 amide bonds. The number of nitrogens with one attached hydrogen (secondary N) is 1. The average molecular weight is 234 g/mol. The maximum atomic E-state index is 4.49. The van der Waals surface area contributed by atoms with Crippen LogP contribution in [0.4, 0.5) is 0 Å². The first-order chi connectivity index (χ1) is 8.27. The Bertz CT molecular complexity index is 310. The van der Waals surface area contributed by atoms with Crippen LogP contribution >= 0.6 is 0 Å². The summed E-state index contributed by atoms with van der Waals surface area (Å²) in [5.74, 6) is 0. The Kier molecular flexibility index (Phi) is 6.87. The van der Waals surface area contributed by atoms with Gasteiger partial charge in [0.25, 0.3) is 0 Å². The van der Waals surface area contributed by atoms with E-state index in [-0.39, 0.29) is 0 Å². The molecule has 17 heavy (non-hydrogen) atoms. The van der Waals surface area contributed by atoms with Crippen molar-refractivity contribution < 1.29 is 0 Å². The standard InChI is InChI=1S/C15H26N2/c1-4-6-7-10-14(16-5-2)12-15-13(3)9-8-11-17-15/h8-9,11,14,16H,4-7,10,12H2,1-3H3. The van der Waals surface area contributed by atoms with Crippen molar-refractivity contribution in [3.63, 3.8) is 0 Å². The second kappa shape index (κ2) is 8.24. The number of hydrogen-bond donors (Lipinski definition) is 1. The first-order valence-electron chi connectivity index (χ1n) is 6.91. The van der Waals surface area contributed by atoms with E-state index in [2.05, 4.69) is 37.1 Å². The smallest absolute Gasteiger partial charge is 0.0448 e. The Hall–Kier alpha value is -0.890. The zero-order valence-electron chi connectivity index (χ0n) is 11.5. The number of rotatable bonds is 8. The molecule has 2 heteroatoms. The number of aromatic nitrogens is 1. The summed E-state index contributed by atoms with van der Waals surface area (Å²) in [5.41, 5.74) is 2.56. The van der Waals surface area contributed by atoms with Gasteiger partial charge in [-0.15, -0.1) is 0 Å². The predicted molar refractivity (Wildman–Crippen MR) is 74.3 cm³/mol. The highest BCUT2D eigenvalue weighted by Crippen LogP contribution is 2.11. The fraction of sp³-hybridized carbons (Fsp3) is 0.667. The molecule has 0 spiro atoms. The summed E-state index contributed by atoms with van der Waals surface area (Å²) in [7, 11) is 0. The van der Waals surface area contributed by atoms with Gasteiger partial charge in [0.2, 0.25) is 0 Å². The molecule has 0 fully saturated rings. The highest BCUT2D eigenvalue weighted by Gasteiger charge is 2.10. The van der Waals surface area contributed by atoms with Gasteiger partial charge in [-0.05, 0) is 31.5 Å². The lowest BCUT2D eigenvalue weighted by molar-refractivity contribution is 0.463. The van der Waals surface area contributed by atoms with E-state index in [1.807, 2.05) is 12.3 Å². The van der Waals surface area contributed by atoms with Crippen molar-refractivity contribution in [3.8, 4) is 0 Å². The van der Waals surface area contributed by atoms with Crippen LogP contribution in [0.25, 0.3) is 0 Å². The number of aryl methyl sites for hydroxylation is 1. The van der Waals surface area contributed by atoms with Crippen LogP contribution in [0.5, 0.6) is 0 Å². The first kappa shape index (κ1) is 14.2. The molecule has 2 nitrogen and oxygen atoms in total. The topological polar surface area (TPSA) is 24.9 Å². The molecular weight excluding hydrogens is 208 g/mol. The quantitative estimate of drug-likeness (QED) is 0.696. The maximum Gasteiger partial charge on any atom is 0.0448 e. The summed E-state index contributed by atoms with van der Waals surface area (Å²) in [4.78, 5) is 4.49. The molecule has 0 radical (unpaired) electrons. The van der Waals surface area contributed by atoms with Crippen molar-refractivity contribution in [1.29, 1.82) is 0 Å². The Morgan fingerprint density at radius 1 is 1.29 bits per heavy atom. The average Bonchev–Trinajstić information content (AvgIpc) is 2.32. The Morgan fingerprint density at radius 3 is 2.76 bits per heavy atom. The molecule has 0 aromatic carbocycles. The van der Waals surface area contributed by atoms with E-state index in [4.69, 9.17) is 0 Å². The molecule has 1 rings (SSSR count). The number of unbranched alkanes of at least 4 members (excludes halogenated alkanes) is 2. The van der Waals surface area contributed by atoms with Gasteiger partial charge >= 0.3 is 0 Å². The van der Waals surface area contributed by atoms with Gasteiger partial charge < -0.3 is 5.32 Å². The Morgan fingerprint density at radius 2 is 2.12 bits per heavy atom. The van der Waals surface area contributed by atoms with E-state index in [1.165, 1.54) is 36.9 Å². The van der Waals surface area contributed by atoms with E-state index >= 15 is 0 Å². The van der Waals surface area contributed by atoms with Crippen LogP contribution in [-0.2, 0) is 6.42 Å². The third-order valence-electron chi connectivity index (χ3n) is 3.21. The van der Waals surface area contributed by atoms with Gasteiger partial charge in [-0.2, -0.15) is 0 Å². The molecule has 0 saturated heterocycles. The number of likely N-dealkylation sites (N-methyl/N-ethyl adjacent to an activating group) is 1. The molecule has 1 N–H and O–H groups in total. The van der Waals surface area contributed by atoms with Crippen LogP contribution in [0, 0.1) is 6.92 Å². The summed E-state index contributed by atoms with van der Waals surface area (Å²) in [5, 5.41) is 3.58. The minimum absolute atomic E-state index is 0.583. The van der Waals surface area contributed by atoms with Crippen molar-refractivity contribution in [2.24, 2.45) is 0 Å². The molecular formula is C15H26N2. The lowest BCUT2D eigenvalue weighted by Gasteiger charge is -2.18. The van der Waals surface area contributed by atoms with Crippen LogP contribution in [0.15, 0.2) is 18.3 Å². The molecule has 96 valence electrons. The van der Waals surface area contributed by atoms with Crippen molar-refractivity contribution in [2.75, 3.05) is 6.54 Å². The van der Waals surface area contributed by atoms with Gasteiger partial charge in [-0.1, -0.05) is 39.2 Å². The zero-order valence-corrected chi connectivity index (χ0v) is 11.5. The lowest BCUT2D eigenvalue weighted by Crippen LogP contribution is -2.31. The SMILES string of the molecule is CCCCCC(Cc1ncccc1C)NCC. The molecule has 1 unspecified atom stereocenters. The minimum Gasteiger partial charge on any atom is -0.314 e. The van der Waals surface area contributed by atoms with Crippen LogP contribution in [0.3, 0.4) is 0 Å². The monoisotopic (exact) mass is 234 g/mol.